The molecule has 0 unspecified atom stereocenters. The van der Waals surface area contributed by atoms with Crippen LogP contribution in [0.25, 0.3) is 16.9 Å². The van der Waals surface area contributed by atoms with E-state index in [9.17, 15) is 0 Å². The van der Waals surface area contributed by atoms with Crippen LogP contribution in [0.15, 0.2) is 73.1 Å². The summed E-state index contributed by atoms with van der Waals surface area (Å²) < 4.78 is 13.7. The Balaban J connectivity index is 1.33. The van der Waals surface area contributed by atoms with Gasteiger partial charge in [-0.2, -0.15) is 0 Å². The third kappa shape index (κ3) is 4.69. The molecule has 0 aliphatic heterocycles. The fourth-order valence-corrected chi connectivity index (χ4v) is 3.15. The van der Waals surface area contributed by atoms with Gasteiger partial charge in [0.15, 0.2) is 11.4 Å². The minimum Gasteiger partial charge on any atom is -0.494 e. The predicted molar refractivity (Wildman–Crippen MR) is 116 cm³/mol. The Morgan fingerprint density at radius 3 is 2.52 bits per heavy atom. The molecule has 5 nitrogen and oxygen atoms in total. The van der Waals surface area contributed by atoms with Crippen molar-refractivity contribution in [3.05, 3.63) is 78.6 Å². The van der Waals surface area contributed by atoms with E-state index >= 15 is 0 Å². The number of pyridine rings is 1. The van der Waals surface area contributed by atoms with Gasteiger partial charge in [0.25, 0.3) is 0 Å². The third-order valence-electron chi connectivity index (χ3n) is 4.72. The maximum absolute atomic E-state index is 6.00. The van der Waals surface area contributed by atoms with Gasteiger partial charge < -0.3 is 19.6 Å². The van der Waals surface area contributed by atoms with E-state index in [1.807, 2.05) is 65.3 Å². The molecule has 0 saturated heterocycles. The van der Waals surface area contributed by atoms with Crippen molar-refractivity contribution in [3.8, 4) is 22.8 Å². The smallest absolute Gasteiger partial charge is 0.180 e. The average molecular weight is 387 g/mol. The van der Waals surface area contributed by atoms with Gasteiger partial charge in [-0.25, -0.2) is 4.98 Å². The number of aromatic nitrogens is 2. The first-order valence-electron chi connectivity index (χ1n) is 9.85. The van der Waals surface area contributed by atoms with Crippen LogP contribution in [0.3, 0.4) is 0 Å². The molecule has 2 heterocycles. The van der Waals surface area contributed by atoms with Crippen LogP contribution >= 0.6 is 0 Å². The molecular weight excluding hydrogens is 362 g/mol. The molecule has 0 saturated carbocycles. The zero-order chi connectivity index (χ0) is 20.1. The molecule has 0 amide bonds. The van der Waals surface area contributed by atoms with E-state index in [2.05, 4.69) is 19.1 Å². The average Bonchev–Trinajstić information content (AvgIpc) is 3.17. The topological polar surface area (TPSA) is 61.8 Å². The summed E-state index contributed by atoms with van der Waals surface area (Å²) in [5.74, 6) is 1.69. The van der Waals surface area contributed by atoms with Gasteiger partial charge in [0.05, 0.1) is 18.9 Å². The van der Waals surface area contributed by atoms with Crippen LogP contribution < -0.4 is 15.2 Å². The number of nitrogens with zero attached hydrogens (tertiary/aromatic N) is 2. The number of fused-ring (bicyclic) bond motifs is 1. The summed E-state index contributed by atoms with van der Waals surface area (Å²) in [6, 6.07) is 19.8. The van der Waals surface area contributed by atoms with Crippen LogP contribution in [0.5, 0.6) is 11.5 Å². The highest BCUT2D eigenvalue weighted by Gasteiger charge is 2.09. The fraction of sp³-hybridized carbons (Fsp3) is 0.208. The Bertz CT molecular complexity index is 1090. The van der Waals surface area contributed by atoms with E-state index in [4.69, 9.17) is 20.2 Å². The van der Waals surface area contributed by atoms with Gasteiger partial charge in [-0.05, 0) is 56.2 Å². The van der Waals surface area contributed by atoms with Gasteiger partial charge in [0.1, 0.15) is 5.75 Å². The molecular formula is C24H25N3O2. The van der Waals surface area contributed by atoms with Crippen LogP contribution in [0.1, 0.15) is 18.4 Å². The molecule has 2 aromatic carbocycles. The number of aryl methyl sites for hydroxylation is 1. The molecule has 0 radical (unpaired) electrons. The van der Waals surface area contributed by atoms with Gasteiger partial charge in [-0.15, -0.1) is 0 Å². The molecule has 5 heteroatoms. The monoisotopic (exact) mass is 387 g/mol. The number of hydrogen-bond acceptors (Lipinski definition) is 4. The van der Waals surface area contributed by atoms with Crippen LogP contribution in [0.2, 0.25) is 0 Å². The van der Waals surface area contributed by atoms with Gasteiger partial charge in [-0.1, -0.05) is 29.8 Å². The normalized spacial score (nSPS) is 10.9. The largest absolute Gasteiger partial charge is 0.494 e. The molecule has 0 aliphatic rings. The van der Waals surface area contributed by atoms with E-state index < -0.39 is 0 Å². The van der Waals surface area contributed by atoms with Crippen molar-refractivity contribution in [2.24, 2.45) is 0 Å². The molecule has 0 aliphatic carbocycles. The quantitative estimate of drug-likeness (QED) is 0.336. The molecule has 0 bridgehead atoms. The van der Waals surface area contributed by atoms with Crippen LogP contribution in [-0.2, 0) is 0 Å². The molecule has 148 valence electrons. The number of benzene rings is 2. The Labute approximate surface area is 170 Å². The zero-order valence-corrected chi connectivity index (χ0v) is 16.5. The Morgan fingerprint density at radius 1 is 0.931 bits per heavy atom. The second-order valence-corrected chi connectivity index (χ2v) is 7.07. The summed E-state index contributed by atoms with van der Waals surface area (Å²) in [7, 11) is 0. The molecule has 4 aromatic rings. The number of anilines is 1. The lowest BCUT2D eigenvalue weighted by molar-refractivity contribution is 0.267. The van der Waals surface area contributed by atoms with Crippen molar-refractivity contribution in [1.29, 1.82) is 0 Å². The SMILES string of the molecule is Cc1ccc(OCCCCOc2cccn3cc(-c4cccc(N)c4)nc23)cc1. The molecule has 0 spiro atoms. The number of imidazole rings is 1. The van der Waals surface area contributed by atoms with Crippen molar-refractivity contribution >= 4 is 11.3 Å². The highest BCUT2D eigenvalue weighted by atomic mass is 16.5. The van der Waals surface area contributed by atoms with Gasteiger partial charge in [-0.3, -0.25) is 0 Å². The summed E-state index contributed by atoms with van der Waals surface area (Å²) in [4.78, 5) is 4.74. The maximum Gasteiger partial charge on any atom is 0.180 e. The van der Waals surface area contributed by atoms with Crippen LogP contribution in [0, 0.1) is 6.92 Å². The molecule has 0 atom stereocenters. The van der Waals surface area contributed by atoms with Crippen LogP contribution in [-0.4, -0.2) is 22.6 Å². The number of hydrogen-bond donors (Lipinski definition) is 1. The first-order valence-corrected chi connectivity index (χ1v) is 9.85. The number of nitrogen functional groups attached to an aromatic ring is 1. The standard InChI is InChI=1S/C24H25N3O2/c1-18-9-11-21(12-10-18)28-14-2-3-15-29-23-8-5-13-27-17-22(26-24(23)27)19-6-4-7-20(25)16-19/h4-13,16-17H,2-3,14-15,25H2,1H3. The number of nitrogens with two attached hydrogens (primary N) is 1. The Morgan fingerprint density at radius 2 is 1.72 bits per heavy atom. The number of unbranched alkanes of at least 4 members (excludes halogenated alkanes) is 1. The lowest BCUT2D eigenvalue weighted by atomic mass is 10.1. The van der Waals surface area contributed by atoms with Gasteiger partial charge in [0, 0.05) is 23.6 Å². The summed E-state index contributed by atoms with van der Waals surface area (Å²) >= 11 is 0. The lowest BCUT2D eigenvalue weighted by Crippen LogP contribution is -2.03. The second kappa shape index (κ2) is 8.69. The summed E-state index contributed by atoms with van der Waals surface area (Å²) in [5, 5.41) is 0. The van der Waals surface area contributed by atoms with Crippen molar-refractivity contribution in [2.45, 2.75) is 19.8 Å². The number of rotatable bonds is 8. The minimum absolute atomic E-state index is 0.622. The van der Waals surface area contributed by atoms with E-state index in [1.165, 1.54) is 5.56 Å². The van der Waals surface area contributed by atoms with E-state index in [0.29, 0.717) is 13.2 Å². The maximum atomic E-state index is 6.00. The molecule has 2 aromatic heterocycles. The first-order chi connectivity index (χ1) is 14.2. The highest BCUT2D eigenvalue weighted by Crippen LogP contribution is 2.25. The van der Waals surface area contributed by atoms with E-state index in [-0.39, 0.29) is 0 Å². The molecule has 0 fully saturated rings. The van der Waals surface area contributed by atoms with Crippen molar-refractivity contribution in [2.75, 3.05) is 18.9 Å². The van der Waals surface area contributed by atoms with Gasteiger partial charge >= 0.3 is 0 Å². The summed E-state index contributed by atoms with van der Waals surface area (Å²) in [6.07, 6.45) is 5.81. The second-order valence-electron chi connectivity index (χ2n) is 7.07. The van der Waals surface area contributed by atoms with Gasteiger partial charge in [0.2, 0.25) is 0 Å². The van der Waals surface area contributed by atoms with Crippen molar-refractivity contribution < 1.29 is 9.47 Å². The van der Waals surface area contributed by atoms with Crippen molar-refractivity contribution in [3.63, 3.8) is 0 Å². The summed E-state index contributed by atoms with van der Waals surface area (Å²) in [5.41, 5.74) is 10.5. The number of ether oxygens (including phenoxy) is 2. The molecule has 4 rings (SSSR count). The Hall–Kier alpha value is -3.47. The van der Waals surface area contributed by atoms with Crippen molar-refractivity contribution in [1.82, 2.24) is 9.38 Å². The highest BCUT2D eigenvalue weighted by molar-refractivity contribution is 5.68. The zero-order valence-electron chi connectivity index (χ0n) is 16.5. The first kappa shape index (κ1) is 18.9. The third-order valence-corrected chi connectivity index (χ3v) is 4.72. The predicted octanol–water partition coefficient (Wildman–Crippen LogP) is 5.13. The minimum atomic E-state index is 0.622. The molecule has 29 heavy (non-hydrogen) atoms. The van der Waals surface area contributed by atoms with E-state index in [1.54, 1.807) is 0 Å². The lowest BCUT2D eigenvalue weighted by Gasteiger charge is -2.08. The van der Waals surface area contributed by atoms with E-state index in [0.717, 1.165) is 46.9 Å². The van der Waals surface area contributed by atoms with Crippen LogP contribution in [0.4, 0.5) is 5.69 Å². The molecule has 2 N–H and O–H groups in total. The fourth-order valence-electron chi connectivity index (χ4n) is 3.15. The Kier molecular flexibility index (Phi) is 5.66. The summed E-state index contributed by atoms with van der Waals surface area (Å²) in [6.45, 7) is 3.37.